The summed E-state index contributed by atoms with van der Waals surface area (Å²) >= 11 is 0. The Hall–Kier alpha value is -3.76. The molecule has 1 aliphatic rings. The zero-order chi connectivity index (χ0) is 78.7. The Balaban J connectivity index is 0.0000149. The highest BCUT2D eigenvalue weighted by Gasteiger charge is 2.52. The highest BCUT2D eigenvalue weighted by molar-refractivity contribution is 7.46. The molecular formula is C83H159N4O18P. The molecule has 1 saturated heterocycles. The van der Waals surface area contributed by atoms with Gasteiger partial charge in [-0.15, -0.1) is 0 Å². The molecule has 23 heteroatoms. The maximum atomic E-state index is 14.7. The Labute approximate surface area is 644 Å². The van der Waals surface area contributed by atoms with Gasteiger partial charge in [-0.3, -0.25) is 38.1 Å². The number of primary amides is 1. The van der Waals surface area contributed by atoms with Gasteiger partial charge >= 0.3 is 31.7 Å². The number of esters is 4. The quantitative estimate of drug-likeness (QED) is 0.0143. The first kappa shape index (κ1) is 102. The van der Waals surface area contributed by atoms with Crippen LogP contribution in [0, 0.1) is 0 Å². The van der Waals surface area contributed by atoms with Gasteiger partial charge in [0, 0.05) is 19.3 Å². The number of unbranched alkanes of at least 4 members (excludes halogenated alkanes) is 38. The zero-order valence-electron chi connectivity index (χ0n) is 68.6. The number of hydrogen-bond donors (Lipinski definition) is 6. The number of rotatable bonds is 72. The maximum absolute atomic E-state index is 14.7. The second kappa shape index (κ2) is 70.4. The lowest BCUT2D eigenvalue weighted by Crippen LogP contribution is -2.67. The Kier molecular flexibility index (Phi) is 67.9. The number of nitrogens with zero attached hydrogens (tertiary/aromatic N) is 1. The van der Waals surface area contributed by atoms with Crippen LogP contribution in [-0.2, 0) is 71.1 Å². The number of aliphatic hydroxyl groups excluding tert-OH is 1. The van der Waals surface area contributed by atoms with E-state index in [9.17, 15) is 53.0 Å². The normalized spacial score (nSPS) is 17.0. The lowest BCUT2D eigenvalue weighted by Gasteiger charge is -2.45. The van der Waals surface area contributed by atoms with Crippen molar-refractivity contribution in [1.82, 2.24) is 15.5 Å². The molecule has 3 amide bonds. The first-order chi connectivity index (χ1) is 51.2. The molecule has 0 unspecified atom stereocenters. The van der Waals surface area contributed by atoms with Crippen LogP contribution < -0.4 is 16.4 Å². The fraction of sp³-hybridized carbons (Fsp3) is 0.916. The molecule has 0 spiro atoms. The average molecular weight is 1530 g/mol. The van der Waals surface area contributed by atoms with Crippen molar-refractivity contribution in [2.24, 2.45) is 5.73 Å². The molecule has 0 aromatic rings. The number of phosphoric acid groups is 1. The number of aliphatic hydroxyl groups is 1. The third-order valence-corrected chi connectivity index (χ3v) is 20.6. The fourth-order valence-electron chi connectivity index (χ4n) is 13.5. The van der Waals surface area contributed by atoms with E-state index in [1.165, 1.54) is 77.4 Å². The molecule has 0 aromatic heterocycles. The SMILES string of the molecule is CCCCCCCCCCC[C@H](CC(=O)N[C@H]1[C@@H](OC[C@H](NC(=O)C[C@@H](CCCCCCCCCCC)OC(=O)CCCCCCCCC)C(N)=O)O[C@H](CO)[C@@H](OP(=O)(O)O)[C@@H]1OC(=O)C[C@@H](CCCCCCCCCCC)OC(=O)CCCCCCCCC)OC(=O)CCCCC.CCN(CC)CC. The van der Waals surface area contributed by atoms with Crippen molar-refractivity contribution in [1.29, 1.82) is 0 Å². The van der Waals surface area contributed by atoms with Gasteiger partial charge in [0.25, 0.3) is 0 Å². The summed E-state index contributed by atoms with van der Waals surface area (Å²) in [6.07, 6.45) is 34.3. The van der Waals surface area contributed by atoms with Gasteiger partial charge in [-0.25, -0.2) is 4.57 Å². The van der Waals surface area contributed by atoms with E-state index in [4.69, 9.17) is 38.7 Å². The van der Waals surface area contributed by atoms with Crippen molar-refractivity contribution < 1.29 is 86.0 Å². The lowest BCUT2D eigenvalue weighted by molar-refractivity contribution is -0.272. The summed E-state index contributed by atoms with van der Waals surface area (Å²) in [5.74, 6) is -4.90. The molecular weight excluding hydrogens is 1370 g/mol. The Morgan fingerprint density at radius 1 is 0.425 bits per heavy atom. The standard InChI is InChI=1S/C77H144N3O18P.C6H15N/c1-7-13-19-24-29-32-37-40-46-51-62(93-70(85)55-49-43-35-27-22-16-10-4)57-67(82)79-65(76(78)88)61-92-77-73(80-68(83)58-63(94-69(84)54-45-18-12-6)52-47-41-38-33-30-25-20-14-8-2)75(74(66(60-81)96-77)98-99(89,90)91)97-72(87)59-64(53-48-42-39-34-31-26-21-15-9-3)95-71(86)56-50-44-36-28-23-17-11-5;1-4-7(5-2)6-3/h62-66,73-75,77,81H,7-61H2,1-6H3,(H2,78,88)(H,79,82)(H,80,83)(H2,89,90,91);4-6H2,1-3H3/t62-,63-,64-,65+,66-,73-,74-,75-,77+;/m1./s1. The zero-order valence-corrected chi connectivity index (χ0v) is 69.5. The molecule has 1 aliphatic heterocycles. The third-order valence-electron chi connectivity index (χ3n) is 20.1. The van der Waals surface area contributed by atoms with E-state index in [0.29, 0.717) is 57.8 Å². The second-order valence-electron chi connectivity index (χ2n) is 29.8. The van der Waals surface area contributed by atoms with E-state index in [2.05, 4.69) is 70.9 Å². The van der Waals surface area contributed by atoms with Gasteiger partial charge in [0.05, 0.1) is 32.5 Å². The van der Waals surface area contributed by atoms with Crippen LogP contribution in [0.3, 0.4) is 0 Å². The largest absolute Gasteiger partial charge is 0.470 e. The van der Waals surface area contributed by atoms with Crippen LogP contribution in [-0.4, -0.2) is 149 Å². The average Bonchev–Trinajstić information content (AvgIpc) is 0.780. The minimum atomic E-state index is -5.54. The number of phosphoric ester groups is 1. The molecule has 1 fully saturated rings. The molecule has 624 valence electrons. The van der Waals surface area contributed by atoms with Crippen LogP contribution in [0.4, 0.5) is 0 Å². The van der Waals surface area contributed by atoms with Gasteiger partial charge in [0.15, 0.2) is 12.4 Å². The second-order valence-corrected chi connectivity index (χ2v) is 31.0. The van der Waals surface area contributed by atoms with Gasteiger partial charge in [0.2, 0.25) is 17.7 Å². The van der Waals surface area contributed by atoms with Crippen molar-refractivity contribution in [2.45, 2.75) is 458 Å². The summed E-state index contributed by atoms with van der Waals surface area (Å²) in [4.78, 5) is 120. The van der Waals surface area contributed by atoms with Crippen LogP contribution in [0.25, 0.3) is 0 Å². The lowest BCUT2D eigenvalue weighted by atomic mass is 9.95. The number of nitrogens with two attached hydrogens (primary N) is 1. The molecule has 0 radical (unpaired) electrons. The maximum Gasteiger partial charge on any atom is 0.470 e. The molecule has 0 aliphatic carbocycles. The van der Waals surface area contributed by atoms with Gasteiger partial charge in [-0.2, -0.15) is 0 Å². The number of amides is 3. The molecule has 106 heavy (non-hydrogen) atoms. The van der Waals surface area contributed by atoms with Crippen LogP contribution in [0.5, 0.6) is 0 Å². The highest BCUT2D eigenvalue weighted by Crippen LogP contribution is 2.42. The third kappa shape index (κ3) is 58.2. The smallest absolute Gasteiger partial charge is 0.462 e. The number of carbonyl (C=O) groups is 7. The number of carbonyl (C=O) groups excluding carboxylic acids is 7. The summed E-state index contributed by atoms with van der Waals surface area (Å²) in [6.45, 7) is 21.2. The molecule has 0 saturated carbocycles. The Bertz CT molecular complexity index is 2200. The molecule has 0 aromatic carbocycles. The van der Waals surface area contributed by atoms with E-state index in [1.54, 1.807) is 0 Å². The van der Waals surface area contributed by atoms with Gasteiger partial charge < -0.3 is 64.6 Å². The number of nitrogens with one attached hydrogen (secondary N) is 2. The van der Waals surface area contributed by atoms with Gasteiger partial charge in [0.1, 0.15) is 42.6 Å². The Morgan fingerprint density at radius 2 is 0.736 bits per heavy atom. The predicted molar refractivity (Wildman–Crippen MR) is 423 cm³/mol. The van der Waals surface area contributed by atoms with Crippen LogP contribution >= 0.6 is 7.82 Å². The summed E-state index contributed by atoms with van der Waals surface area (Å²) in [5.41, 5.74) is 5.96. The Morgan fingerprint density at radius 3 is 1.06 bits per heavy atom. The van der Waals surface area contributed by atoms with Gasteiger partial charge in [-0.05, 0) is 77.4 Å². The minimum Gasteiger partial charge on any atom is -0.462 e. The highest BCUT2D eigenvalue weighted by atomic mass is 31.2. The number of hydrogen-bond acceptors (Lipinski definition) is 17. The van der Waals surface area contributed by atoms with Crippen molar-refractivity contribution in [3.63, 3.8) is 0 Å². The molecule has 22 nitrogen and oxygen atoms in total. The van der Waals surface area contributed by atoms with E-state index in [-0.39, 0.29) is 25.7 Å². The molecule has 0 bridgehead atoms. The van der Waals surface area contributed by atoms with Crippen molar-refractivity contribution in [3.05, 3.63) is 0 Å². The van der Waals surface area contributed by atoms with Crippen molar-refractivity contribution >= 4 is 49.4 Å². The van der Waals surface area contributed by atoms with Crippen LogP contribution in [0.15, 0.2) is 0 Å². The number of ether oxygens (including phenoxy) is 6. The van der Waals surface area contributed by atoms with E-state index in [0.717, 1.165) is 186 Å². The van der Waals surface area contributed by atoms with Crippen LogP contribution in [0.2, 0.25) is 0 Å². The minimum absolute atomic E-state index is 0.133. The predicted octanol–water partition coefficient (Wildman–Crippen LogP) is 18.4. The summed E-state index contributed by atoms with van der Waals surface area (Å²) in [6, 6.07) is -3.33. The fourth-order valence-corrected chi connectivity index (χ4v) is 14.1. The summed E-state index contributed by atoms with van der Waals surface area (Å²) < 4.78 is 54.8. The van der Waals surface area contributed by atoms with Crippen LogP contribution in [0.1, 0.15) is 403 Å². The molecule has 7 N–H and O–H groups in total. The van der Waals surface area contributed by atoms with E-state index < -0.39 is 130 Å². The van der Waals surface area contributed by atoms with E-state index in [1.807, 2.05) is 6.92 Å². The van der Waals surface area contributed by atoms with Crippen molar-refractivity contribution in [3.8, 4) is 0 Å². The van der Waals surface area contributed by atoms with Crippen molar-refractivity contribution in [2.75, 3.05) is 32.8 Å². The summed E-state index contributed by atoms with van der Waals surface area (Å²) in [7, 11) is -5.54. The van der Waals surface area contributed by atoms with Gasteiger partial charge in [-0.1, -0.05) is 306 Å². The molecule has 9 atom stereocenters. The first-order valence-electron chi connectivity index (χ1n) is 43.2. The summed E-state index contributed by atoms with van der Waals surface area (Å²) in [5, 5.41) is 16.3. The monoisotopic (exact) mass is 1530 g/mol. The molecule has 1 heterocycles. The van der Waals surface area contributed by atoms with E-state index >= 15 is 0 Å². The topological polar surface area (TPSA) is 315 Å². The first-order valence-corrected chi connectivity index (χ1v) is 44.7. The molecule has 1 rings (SSSR count).